The van der Waals surface area contributed by atoms with E-state index >= 15 is 0 Å². The summed E-state index contributed by atoms with van der Waals surface area (Å²) in [6, 6.07) is 10.2. The number of aromatic hydroxyl groups is 1. The van der Waals surface area contributed by atoms with Gasteiger partial charge >= 0.3 is 0 Å². The number of phenols is 1. The lowest BCUT2D eigenvalue weighted by atomic mass is 9.99. The van der Waals surface area contributed by atoms with Crippen molar-refractivity contribution in [3.8, 4) is 5.75 Å². The van der Waals surface area contributed by atoms with E-state index in [-0.39, 0.29) is 0 Å². The zero-order valence-corrected chi connectivity index (χ0v) is 9.25. The molecule has 1 heteroatoms. The SMILES string of the molecule is CCc1ccc2c(CC)c(O)ccc2c1. The van der Waals surface area contributed by atoms with Gasteiger partial charge in [0.15, 0.2) is 0 Å². The van der Waals surface area contributed by atoms with Gasteiger partial charge in [0.2, 0.25) is 0 Å². The molecular formula is C14H16O. The van der Waals surface area contributed by atoms with Crippen molar-refractivity contribution in [2.45, 2.75) is 26.7 Å². The first-order valence-corrected chi connectivity index (χ1v) is 5.49. The molecule has 2 aromatic rings. The Morgan fingerprint density at radius 2 is 1.80 bits per heavy atom. The molecule has 0 aromatic heterocycles. The molecular weight excluding hydrogens is 184 g/mol. The summed E-state index contributed by atoms with van der Waals surface area (Å²) in [6.07, 6.45) is 1.92. The van der Waals surface area contributed by atoms with E-state index in [4.69, 9.17) is 0 Å². The van der Waals surface area contributed by atoms with E-state index < -0.39 is 0 Å². The highest BCUT2D eigenvalue weighted by atomic mass is 16.3. The van der Waals surface area contributed by atoms with E-state index in [0.717, 1.165) is 18.4 Å². The van der Waals surface area contributed by atoms with Crippen LogP contribution in [-0.4, -0.2) is 5.11 Å². The van der Waals surface area contributed by atoms with Gasteiger partial charge in [0.25, 0.3) is 0 Å². The summed E-state index contributed by atoms with van der Waals surface area (Å²) >= 11 is 0. The van der Waals surface area contributed by atoms with Gasteiger partial charge < -0.3 is 5.11 Å². The first-order valence-electron chi connectivity index (χ1n) is 5.49. The highest BCUT2D eigenvalue weighted by molar-refractivity contribution is 5.88. The first kappa shape index (κ1) is 10.0. The fourth-order valence-electron chi connectivity index (χ4n) is 2.02. The highest BCUT2D eigenvalue weighted by Gasteiger charge is 2.04. The van der Waals surface area contributed by atoms with E-state index in [2.05, 4.69) is 32.0 Å². The molecule has 15 heavy (non-hydrogen) atoms. The molecule has 0 atom stereocenters. The number of benzene rings is 2. The normalized spacial score (nSPS) is 10.8. The van der Waals surface area contributed by atoms with Crippen LogP contribution in [0.3, 0.4) is 0 Å². The number of aryl methyl sites for hydroxylation is 2. The van der Waals surface area contributed by atoms with Gasteiger partial charge in [-0.2, -0.15) is 0 Å². The summed E-state index contributed by atoms with van der Waals surface area (Å²) in [7, 11) is 0. The molecule has 0 radical (unpaired) electrons. The second kappa shape index (κ2) is 3.93. The fraction of sp³-hybridized carbons (Fsp3) is 0.286. The Morgan fingerprint density at radius 3 is 2.47 bits per heavy atom. The minimum atomic E-state index is 0.411. The lowest BCUT2D eigenvalue weighted by Gasteiger charge is -2.08. The van der Waals surface area contributed by atoms with Crippen molar-refractivity contribution >= 4 is 10.8 Å². The third kappa shape index (κ3) is 1.70. The van der Waals surface area contributed by atoms with Crippen molar-refractivity contribution in [1.29, 1.82) is 0 Å². The van der Waals surface area contributed by atoms with E-state index in [1.165, 1.54) is 16.3 Å². The third-order valence-electron chi connectivity index (χ3n) is 2.93. The van der Waals surface area contributed by atoms with Crippen molar-refractivity contribution in [2.24, 2.45) is 0 Å². The van der Waals surface area contributed by atoms with Crippen LogP contribution in [0.1, 0.15) is 25.0 Å². The molecule has 2 aromatic carbocycles. The summed E-state index contributed by atoms with van der Waals surface area (Å²) in [5, 5.41) is 12.1. The maximum atomic E-state index is 9.74. The number of rotatable bonds is 2. The van der Waals surface area contributed by atoms with Crippen LogP contribution in [0.25, 0.3) is 10.8 Å². The van der Waals surface area contributed by atoms with Crippen LogP contribution < -0.4 is 0 Å². The monoisotopic (exact) mass is 200 g/mol. The van der Waals surface area contributed by atoms with Gasteiger partial charge in [0.05, 0.1) is 0 Å². The van der Waals surface area contributed by atoms with E-state index in [1.54, 1.807) is 6.07 Å². The topological polar surface area (TPSA) is 20.2 Å². The molecule has 1 N–H and O–H groups in total. The maximum absolute atomic E-state index is 9.74. The number of hydrogen-bond acceptors (Lipinski definition) is 1. The summed E-state index contributed by atoms with van der Waals surface area (Å²) in [6.45, 7) is 4.23. The van der Waals surface area contributed by atoms with E-state index in [0.29, 0.717) is 5.75 Å². The fourth-order valence-corrected chi connectivity index (χ4v) is 2.02. The van der Waals surface area contributed by atoms with Crippen LogP contribution in [0.4, 0.5) is 0 Å². The lowest BCUT2D eigenvalue weighted by molar-refractivity contribution is 0.470. The van der Waals surface area contributed by atoms with E-state index in [9.17, 15) is 5.11 Å². The molecule has 78 valence electrons. The predicted octanol–water partition coefficient (Wildman–Crippen LogP) is 3.67. The second-order valence-corrected chi connectivity index (χ2v) is 3.83. The van der Waals surface area contributed by atoms with Gasteiger partial charge in [-0.15, -0.1) is 0 Å². The van der Waals surface area contributed by atoms with Gasteiger partial charge in [-0.05, 0) is 35.2 Å². The molecule has 0 fully saturated rings. The Labute approximate surface area is 90.4 Å². The number of fused-ring (bicyclic) bond motifs is 1. The van der Waals surface area contributed by atoms with Gasteiger partial charge in [-0.1, -0.05) is 38.1 Å². The van der Waals surface area contributed by atoms with Crippen LogP contribution >= 0.6 is 0 Å². The second-order valence-electron chi connectivity index (χ2n) is 3.83. The van der Waals surface area contributed by atoms with Gasteiger partial charge in [-0.25, -0.2) is 0 Å². The van der Waals surface area contributed by atoms with Gasteiger partial charge in [0, 0.05) is 5.56 Å². The smallest absolute Gasteiger partial charge is 0.119 e. The molecule has 0 saturated heterocycles. The molecule has 0 amide bonds. The van der Waals surface area contributed by atoms with Crippen molar-refractivity contribution in [2.75, 3.05) is 0 Å². The largest absolute Gasteiger partial charge is 0.508 e. The Kier molecular flexibility index (Phi) is 2.63. The molecule has 0 aliphatic carbocycles. The number of hydrogen-bond donors (Lipinski definition) is 1. The first-order chi connectivity index (χ1) is 7.26. The molecule has 0 unspecified atom stereocenters. The average molecular weight is 200 g/mol. The summed E-state index contributed by atoms with van der Waals surface area (Å²) in [5.41, 5.74) is 2.39. The quantitative estimate of drug-likeness (QED) is 0.784. The Bertz CT molecular complexity index is 486. The zero-order chi connectivity index (χ0) is 10.8. The lowest BCUT2D eigenvalue weighted by Crippen LogP contribution is -1.87. The Balaban J connectivity index is 2.72. The molecule has 0 saturated carbocycles. The summed E-state index contributed by atoms with van der Waals surface area (Å²) in [4.78, 5) is 0. The molecule has 2 rings (SSSR count). The highest BCUT2D eigenvalue weighted by Crippen LogP contribution is 2.28. The Morgan fingerprint density at radius 1 is 1.00 bits per heavy atom. The van der Waals surface area contributed by atoms with Crippen molar-refractivity contribution < 1.29 is 5.11 Å². The Hall–Kier alpha value is -1.50. The van der Waals surface area contributed by atoms with E-state index in [1.807, 2.05) is 6.07 Å². The third-order valence-corrected chi connectivity index (χ3v) is 2.93. The maximum Gasteiger partial charge on any atom is 0.119 e. The minimum Gasteiger partial charge on any atom is -0.508 e. The molecule has 1 nitrogen and oxygen atoms in total. The summed E-state index contributed by atoms with van der Waals surface area (Å²) < 4.78 is 0. The van der Waals surface area contributed by atoms with Crippen LogP contribution in [0.15, 0.2) is 30.3 Å². The van der Waals surface area contributed by atoms with Crippen molar-refractivity contribution in [3.05, 3.63) is 41.5 Å². The molecule has 0 bridgehead atoms. The average Bonchev–Trinajstić information content (AvgIpc) is 2.28. The van der Waals surface area contributed by atoms with Crippen molar-refractivity contribution in [1.82, 2.24) is 0 Å². The van der Waals surface area contributed by atoms with Crippen LogP contribution in [-0.2, 0) is 12.8 Å². The van der Waals surface area contributed by atoms with Gasteiger partial charge in [-0.3, -0.25) is 0 Å². The molecule has 0 aliphatic rings. The number of phenolic OH excluding ortho intramolecular Hbond substituents is 1. The molecule has 0 aliphatic heterocycles. The van der Waals surface area contributed by atoms with Crippen LogP contribution in [0, 0.1) is 0 Å². The zero-order valence-electron chi connectivity index (χ0n) is 9.25. The standard InChI is InChI=1S/C14H16O/c1-3-10-5-7-13-11(9-10)6-8-14(15)12(13)4-2/h5-9,15H,3-4H2,1-2H3. The van der Waals surface area contributed by atoms with Crippen LogP contribution in [0.5, 0.6) is 5.75 Å². The van der Waals surface area contributed by atoms with Crippen molar-refractivity contribution in [3.63, 3.8) is 0 Å². The summed E-state index contributed by atoms with van der Waals surface area (Å²) in [5.74, 6) is 0.411. The molecule has 0 spiro atoms. The van der Waals surface area contributed by atoms with Gasteiger partial charge in [0.1, 0.15) is 5.75 Å². The predicted molar refractivity (Wildman–Crippen MR) is 64.4 cm³/mol. The minimum absolute atomic E-state index is 0.411. The molecule has 0 heterocycles. The van der Waals surface area contributed by atoms with Crippen LogP contribution in [0.2, 0.25) is 0 Å².